The fourth-order valence-corrected chi connectivity index (χ4v) is 2.16. The highest BCUT2D eigenvalue weighted by Gasteiger charge is 2.20. The molecule has 0 radical (unpaired) electrons. The number of thiazole rings is 1. The molecular weight excluding hydrogens is 196 g/mol. The molecule has 4 heteroatoms. The molecule has 0 amide bonds. The van der Waals surface area contributed by atoms with Gasteiger partial charge < -0.3 is 5.21 Å². The van der Waals surface area contributed by atoms with Gasteiger partial charge in [-0.25, -0.2) is 4.98 Å². The third kappa shape index (κ3) is 2.12. The van der Waals surface area contributed by atoms with E-state index >= 15 is 0 Å². The lowest BCUT2D eigenvalue weighted by Gasteiger charge is -2.13. The summed E-state index contributed by atoms with van der Waals surface area (Å²) in [5, 5.41) is 13.0. The molecule has 3 nitrogen and oxygen atoms in total. The van der Waals surface area contributed by atoms with Gasteiger partial charge in [0.25, 0.3) is 0 Å². The SMILES string of the molecule is C/C(=N/O)c1sc(C(C)(C)C)nc1C. The summed E-state index contributed by atoms with van der Waals surface area (Å²) >= 11 is 1.60. The van der Waals surface area contributed by atoms with E-state index in [4.69, 9.17) is 5.21 Å². The van der Waals surface area contributed by atoms with Gasteiger partial charge in [0, 0.05) is 5.41 Å². The lowest BCUT2D eigenvalue weighted by molar-refractivity contribution is 0.319. The number of aryl methyl sites for hydroxylation is 1. The number of hydrogen-bond donors (Lipinski definition) is 1. The molecule has 1 N–H and O–H groups in total. The van der Waals surface area contributed by atoms with Crippen LogP contribution in [0.15, 0.2) is 5.16 Å². The van der Waals surface area contributed by atoms with Crippen molar-refractivity contribution < 1.29 is 5.21 Å². The van der Waals surface area contributed by atoms with E-state index in [1.807, 2.05) is 6.92 Å². The topological polar surface area (TPSA) is 45.5 Å². The molecule has 1 rings (SSSR count). The Morgan fingerprint density at radius 3 is 2.36 bits per heavy atom. The van der Waals surface area contributed by atoms with Crippen LogP contribution in [0.5, 0.6) is 0 Å². The first-order chi connectivity index (χ1) is 6.36. The predicted octanol–water partition coefficient (Wildman–Crippen LogP) is 2.95. The Morgan fingerprint density at radius 2 is 2.00 bits per heavy atom. The van der Waals surface area contributed by atoms with Gasteiger partial charge >= 0.3 is 0 Å². The Morgan fingerprint density at radius 1 is 1.43 bits per heavy atom. The molecule has 0 unspecified atom stereocenters. The summed E-state index contributed by atoms with van der Waals surface area (Å²) in [6, 6.07) is 0. The van der Waals surface area contributed by atoms with Crippen molar-refractivity contribution in [3.05, 3.63) is 15.6 Å². The zero-order valence-electron chi connectivity index (χ0n) is 9.25. The first-order valence-electron chi connectivity index (χ1n) is 4.53. The van der Waals surface area contributed by atoms with E-state index in [2.05, 4.69) is 30.9 Å². The van der Waals surface area contributed by atoms with Crippen LogP contribution in [0.2, 0.25) is 0 Å². The lowest BCUT2D eigenvalue weighted by Crippen LogP contribution is -2.10. The van der Waals surface area contributed by atoms with Crippen LogP contribution in [-0.4, -0.2) is 15.9 Å². The van der Waals surface area contributed by atoms with Crippen molar-refractivity contribution >= 4 is 17.0 Å². The smallest absolute Gasteiger partial charge is 0.0988 e. The second-order valence-corrected chi connectivity index (χ2v) is 5.37. The maximum Gasteiger partial charge on any atom is 0.0988 e. The monoisotopic (exact) mass is 212 g/mol. The largest absolute Gasteiger partial charge is 0.411 e. The Balaban J connectivity index is 3.18. The second-order valence-electron chi connectivity index (χ2n) is 4.37. The summed E-state index contributed by atoms with van der Waals surface area (Å²) in [5.74, 6) is 0. The second kappa shape index (κ2) is 3.69. The van der Waals surface area contributed by atoms with E-state index in [-0.39, 0.29) is 5.41 Å². The van der Waals surface area contributed by atoms with Gasteiger partial charge in [-0.05, 0) is 13.8 Å². The molecule has 0 aliphatic heterocycles. The van der Waals surface area contributed by atoms with Gasteiger partial charge in [0.1, 0.15) is 0 Å². The van der Waals surface area contributed by atoms with Crippen molar-refractivity contribution in [1.82, 2.24) is 4.98 Å². The molecule has 0 aliphatic carbocycles. The maximum atomic E-state index is 8.69. The van der Waals surface area contributed by atoms with E-state index in [0.29, 0.717) is 5.71 Å². The number of rotatable bonds is 1. The summed E-state index contributed by atoms with van der Waals surface area (Å²) in [6.45, 7) is 10.1. The molecule has 1 heterocycles. The first kappa shape index (κ1) is 11.2. The van der Waals surface area contributed by atoms with Gasteiger partial charge in [-0.15, -0.1) is 11.3 Å². The van der Waals surface area contributed by atoms with Crippen molar-refractivity contribution in [2.75, 3.05) is 0 Å². The maximum absolute atomic E-state index is 8.69. The van der Waals surface area contributed by atoms with Gasteiger partial charge in [-0.3, -0.25) is 0 Å². The molecule has 14 heavy (non-hydrogen) atoms. The van der Waals surface area contributed by atoms with Crippen molar-refractivity contribution in [1.29, 1.82) is 0 Å². The van der Waals surface area contributed by atoms with Crippen LogP contribution in [0.3, 0.4) is 0 Å². The standard InChI is InChI=1S/C10H16N2OS/c1-6-8(7(2)12-13)14-9(11-6)10(3,4)5/h13H,1-5H3/b12-7-. The summed E-state index contributed by atoms with van der Waals surface area (Å²) in [7, 11) is 0. The molecule has 0 saturated heterocycles. The number of aromatic nitrogens is 1. The van der Waals surface area contributed by atoms with Crippen molar-refractivity contribution in [2.45, 2.75) is 40.0 Å². The van der Waals surface area contributed by atoms with Crippen molar-refractivity contribution in [2.24, 2.45) is 5.16 Å². The fourth-order valence-electron chi connectivity index (χ4n) is 1.10. The average Bonchev–Trinajstić information content (AvgIpc) is 2.45. The molecule has 78 valence electrons. The predicted molar refractivity (Wildman–Crippen MR) is 59.5 cm³/mol. The van der Waals surface area contributed by atoms with E-state index in [9.17, 15) is 0 Å². The third-order valence-corrected chi connectivity index (χ3v) is 3.61. The molecule has 1 aromatic rings. The third-order valence-electron chi connectivity index (χ3n) is 1.92. The van der Waals surface area contributed by atoms with Crippen LogP contribution in [0.1, 0.15) is 43.3 Å². The number of oxime groups is 1. The zero-order valence-corrected chi connectivity index (χ0v) is 10.1. The first-order valence-corrected chi connectivity index (χ1v) is 5.35. The Labute approximate surface area is 88.5 Å². The number of nitrogens with zero attached hydrogens (tertiary/aromatic N) is 2. The van der Waals surface area contributed by atoms with E-state index in [1.165, 1.54) is 0 Å². The molecule has 1 aromatic heterocycles. The minimum Gasteiger partial charge on any atom is -0.411 e. The highest BCUT2D eigenvalue weighted by atomic mass is 32.1. The van der Waals surface area contributed by atoms with Crippen molar-refractivity contribution in [3.8, 4) is 0 Å². The van der Waals surface area contributed by atoms with Crippen LogP contribution in [-0.2, 0) is 5.41 Å². The Kier molecular flexibility index (Phi) is 2.95. The Bertz CT molecular complexity index is 361. The average molecular weight is 212 g/mol. The van der Waals surface area contributed by atoms with Gasteiger partial charge in [0.2, 0.25) is 0 Å². The molecule has 0 aliphatic rings. The van der Waals surface area contributed by atoms with Crippen molar-refractivity contribution in [3.63, 3.8) is 0 Å². The minimum atomic E-state index is 0.0589. The lowest BCUT2D eigenvalue weighted by atomic mass is 9.98. The molecule has 0 saturated carbocycles. The van der Waals surface area contributed by atoms with Crippen LogP contribution < -0.4 is 0 Å². The quantitative estimate of drug-likeness (QED) is 0.442. The van der Waals surface area contributed by atoms with E-state index < -0.39 is 0 Å². The van der Waals surface area contributed by atoms with E-state index in [1.54, 1.807) is 18.3 Å². The van der Waals surface area contributed by atoms with Crippen LogP contribution in [0, 0.1) is 6.92 Å². The highest BCUT2D eigenvalue weighted by Crippen LogP contribution is 2.29. The van der Waals surface area contributed by atoms with Crippen LogP contribution in [0.4, 0.5) is 0 Å². The summed E-state index contributed by atoms with van der Waals surface area (Å²) in [5.41, 5.74) is 1.63. The molecule has 0 aromatic carbocycles. The molecule has 0 bridgehead atoms. The minimum absolute atomic E-state index is 0.0589. The highest BCUT2D eigenvalue weighted by molar-refractivity contribution is 7.14. The summed E-state index contributed by atoms with van der Waals surface area (Å²) < 4.78 is 0. The Hall–Kier alpha value is -0.900. The molecule has 0 atom stereocenters. The normalized spacial score (nSPS) is 13.4. The van der Waals surface area contributed by atoms with Crippen LogP contribution in [0.25, 0.3) is 0 Å². The molecular formula is C10H16N2OS. The zero-order chi connectivity index (χ0) is 10.9. The van der Waals surface area contributed by atoms with E-state index in [0.717, 1.165) is 15.6 Å². The van der Waals surface area contributed by atoms with Gasteiger partial charge in [0.05, 0.1) is 21.3 Å². The van der Waals surface area contributed by atoms with Gasteiger partial charge in [-0.2, -0.15) is 0 Å². The van der Waals surface area contributed by atoms with Crippen LogP contribution >= 0.6 is 11.3 Å². The summed E-state index contributed by atoms with van der Waals surface area (Å²) in [4.78, 5) is 5.45. The number of hydrogen-bond acceptors (Lipinski definition) is 4. The fraction of sp³-hybridized carbons (Fsp3) is 0.600. The summed E-state index contributed by atoms with van der Waals surface area (Å²) in [6.07, 6.45) is 0. The molecule has 0 spiro atoms. The van der Waals surface area contributed by atoms with Gasteiger partial charge in [0.15, 0.2) is 0 Å². The van der Waals surface area contributed by atoms with Gasteiger partial charge in [-0.1, -0.05) is 25.9 Å². The molecule has 0 fully saturated rings.